The number of rotatable bonds is 4. The van der Waals surface area contributed by atoms with Gasteiger partial charge in [0, 0.05) is 12.6 Å². The number of nitrogens with two attached hydrogens (primary N) is 1. The number of piperidine rings is 1. The zero-order valence-electron chi connectivity index (χ0n) is 12.9. The molecule has 0 aliphatic carbocycles. The predicted molar refractivity (Wildman–Crippen MR) is 83.8 cm³/mol. The van der Waals surface area contributed by atoms with Crippen molar-refractivity contribution in [2.24, 2.45) is 11.7 Å². The van der Waals surface area contributed by atoms with Crippen molar-refractivity contribution in [3.63, 3.8) is 0 Å². The Balaban J connectivity index is 1.59. The second-order valence-corrected chi connectivity index (χ2v) is 6.16. The number of ether oxygens (including phenoxy) is 2. The minimum atomic E-state index is 0.0407. The maximum Gasteiger partial charge on any atom is 0.161 e. The van der Waals surface area contributed by atoms with Crippen LogP contribution >= 0.6 is 0 Å². The lowest BCUT2D eigenvalue weighted by Crippen LogP contribution is -2.38. The van der Waals surface area contributed by atoms with Crippen molar-refractivity contribution in [2.45, 2.75) is 32.2 Å². The fourth-order valence-electron chi connectivity index (χ4n) is 3.25. The largest absolute Gasteiger partial charge is 0.486 e. The first-order chi connectivity index (χ1) is 10.3. The molecule has 0 spiro atoms. The van der Waals surface area contributed by atoms with Crippen molar-refractivity contribution in [3.05, 3.63) is 23.8 Å². The smallest absolute Gasteiger partial charge is 0.161 e. The standard InChI is InChI=1S/C17H26N2O2/c1-2-13-5-7-19(8-6-13)12-15(18)14-3-4-16-17(11-14)21-10-9-20-16/h3-4,11,13,15H,2,5-10,12,18H2,1H3. The van der Waals surface area contributed by atoms with Gasteiger partial charge in [-0.1, -0.05) is 19.4 Å². The molecule has 4 nitrogen and oxygen atoms in total. The number of likely N-dealkylation sites (tertiary alicyclic amines) is 1. The second-order valence-electron chi connectivity index (χ2n) is 6.16. The van der Waals surface area contributed by atoms with Crippen molar-refractivity contribution < 1.29 is 9.47 Å². The Morgan fingerprint density at radius 2 is 1.90 bits per heavy atom. The lowest BCUT2D eigenvalue weighted by atomic mass is 9.94. The molecule has 1 atom stereocenters. The summed E-state index contributed by atoms with van der Waals surface area (Å²) in [6.07, 6.45) is 3.93. The minimum absolute atomic E-state index is 0.0407. The zero-order chi connectivity index (χ0) is 14.7. The summed E-state index contributed by atoms with van der Waals surface area (Å²) < 4.78 is 11.2. The van der Waals surface area contributed by atoms with Crippen LogP contribution in [-0.4, -0.2) is 37.7 Å². The van der Waals surface area contributed by atoms with E-state index in [0.717, 1.165) is 29.5 Å². The van der Waals surface area contributed by atoms with Crippen LogP contribution in [0.2, 0.25) is 0 Å². The maximum atomic E-state index is 6.39. The van der Waals surface area contributed by atoms with Gasteiger partial charge in [0.15, 0.2) is 11.5 Å². The van der Waals surface area contributed by atoms with Gasteiger partial charge >= 0.3 is 0 Å². The summed E-state index contributed by atoms with van der Waals surface area (Å²) in [5, 5.41) is 0. The number of fused-ring (bicyclic) bond motifs is 1. The quantitative estimate of drug-likeness (QED) is 0.926. The van der Waals surface area contributed by atoms with E-state index in [1.54, 1.807) is 0 Å². The highest BCUT2D eigenvalue weighted by Crippen LogP contribution is 2.32. The van der Waals surface area contributed by atoms with E-state index in [1.165, 1.54) is 32.4 Å². The number of nitrogens with zero attached hydrogens (tertiary/aromatic N) is 1. The van der Waals surface area contributed by atoms with E-state index in [0.29, 0.717) is 13.2 Å². The summed E-state index contributed by atoms with van der Waals surface area (Å²) in [6, 6.07) is 6.13. The molecule has 4 heteroatoms. The normalized spacial score (nSPS) is 21.2. The van der Waals surface area contributed by atoms with Crippen molar-refractivity contribution in [1.82, 2.24) is 4.90 Å². The predicted octanol–water partition coefficient (Wildman–Crippen LogP) is 2.58. The molecule has 0 aromatic heterocycles. The van der Waals surface area contributed by atoms with Crippen molar-refractivity contribution in [2.75, 3.05) is 32.8 Å². The first kappa shape index (κ1) is 14.7. The Labute approximate surface area is 127 Å². The van der Waals surface area contributed by atoms with Gasteiger partial charge in [-0.05, 0) is 49.5 Å². The molecule has 0 amide bonds. The van der Waals surface area contributed by atoms with E-state index < -0.39 is 0 Å². The van der Waals surface area contributed by atoms with Crippen molar-refractivity contribution >= 4 is 0 Å². The molecule has 1 aromatic carbocycles. The molecule has 2 N–H and O–H groups in total. The Hall–Kier alpha value is -1.26. The van der Waals surface area contributed by atoms with Gasteiger partial charge < -0.3 is 20.1 Å². The van der Waals surface area contributed by atoms with Gasteiger partial charge in [-0.25, -0.2) is 0 Å². The van der Waals surface area contributed by atoms with E-state index in [9.17, 15) is 0 Å². The van der Waals surface area contributed by atoms with Gasteiger partial charge in [-0.3, -0.25) is 0 Å². The molecule has 1 saturated heterocycles. The maximum absolute atomic E-state index is 6.39. The monoisotopic (exact) mass is 290 g/mol. The summed E-state index contributed by atoms with van der Waals surface area (Å²) in [4.78, 5) is 2.49. The molecule has 116 valence electrons. The molecular formula is C17H26N2O2. The fourth-order valence-corrected chi connectivity index (χ4v) is 3.25. The molecule has 1 fully saturated rings. The van der Waals surface area contributed by atoms with Crippen molar-refractivity contribution in [1.29, 1.82) is 0 Å². The molecule has 0 bridgehead atoms. The number of benzene rings is 1. The summed E-state index contributed by atoms with van der Waals surface area (Å²) >= 11 is 0. The molecule has 2 heterocycles. The Kier molecular flexibility index (Phi) is 4.66. The summed E-state index contributed by atoms with van der Waals surface area (Å²) in [5.74, 6) is 2.58. The Morgan fingerprint density at radius 3 is 2.62 bits per heavy atom. The van der Waals surface area contributed by atoms with E-state index >= 15 is 0 Å². The summed E-state index contributed by atoms with van der Waals surface area (Å²) in [6.45, 7) is 6.83. The van der Waals surface area contributed by atoms with E-state index in [1.807, 2.05) is 12.1 Å². The zero-order valence-corrected chi connectivity index (χ0v) is 12.9. The highest BCUT2D eigenvalue weighted by Gasteiger charge is 2.21. The van der Waals surface area contributed by atoms with Crippen molar-refractivity contribution in [3.8, 4) is 11.5 Å². The molecule has 0 saturated carbocycles. The van der Waals surface area contributed by atoms with Gasteiger partial charge in [0.05, 0.1) is 0 Å². The first-order valence-electron chi connectivity index (χ1n) is 8.13. The van der Waals surface area contributed by atoms with E-state index in [2.05, 4.69) is 17.9 Å². The lowest BCUT2D eigenvalue weighted by molar-refractivity contribution is 0.168. The second kappa shape index (κ2) is 6.67. The third-order valence-electron chi connectivity index (χ3n) is 4.73. The molecule has 1 unspecified atom stereocenters. The van der Waals surface area contributed by atoms with Crippen LogP contribution in [-0.2, 0) is 0 Å². The first-order valence-corrected chi connectivity index (χ1v) is 8.13. The number of hydrogen-bond acceptors (Lipinski definition) is 4. The molecule has 1 aromatic rings. The van der Waals surface area contributed by atoms with Crippen LogP contribution in [0.25, 0.3) is 0 Å². The third kappa shape index (κ3) is 3.50. The molecular weight excluding hydrogens is 264 g/mol. The van der Waals surface area contributed by atoms with Crippen LogP contribution in [0, 0.1) is 5.92 Å². The summed E-state index contributed by atoms with van der Waals surface area (Å²) in [5.41, 5.74) is 7.52. The van der Waals surface area contributed by atoms with Crippen LogP contribution in [0.4, 0.5) is 0 Å². The highest BCUT2D eigenvalue weighted by atomic mass is 16.6. The minimum Gasteiger partial charge on any atom is -0.486 e. The van der Waals surface area contributed by atoms with Gasteiger partial charge in [-0.15, -0.1) is 0 Å². The Morgan fingerprint density at radius 1 is 1.19 bits per heavy atom. The molecule has 3 rings (SSSR count). The third-order valence-corrected chi connectivity index (χ3v) is 4.73. The average Bonchev–Trinajstić information content (AvgIpc) is 2.55. The van der Waals surface area contributed by atoms with Gasteiger partial charge in [0.2, 0.25) is 0 Å². The van der Waals surface area contributed by atoms with Crippen LogP contribution in [0.1, 0.15) is 37.8 Å². The van der Waals surface area contributed by atoms with Crippen LogP contribution in [0.5, 0.6) is 11.5 Å². The van der Waals surface area contributed by atoms with Gasteiger partial charge in [0.25, 0.3) is 0 Å². The average molecular weight is 290 g/mol. The molecule has 21 heavy (non-hydrogen) atoms. The van der Waals surface area contributed by atoms with Crippen LogP contribution < -0.4 is 15.2 Å². The fraction of sp³-hybridized carbons (Fsp3) is 0.647. The van der Waals surface area contributed by atoms with Crippen LogP contribution in [0.3, 0.4) is 0 Å². The van der Waals surface area contributed by atoms with Gasteiger partial charge in [0.1, 0.15) is 13.2 Å². The topological polar surface area (TPSA) is 47.7 Å². The van der Waals surface area contributed by atoms with Gasteiger partial charge in [-0.2, -0.15) is 0 Å². The summed E-state index contributed by atoms with van der Waals surface area (Å²) in [7, 11) is 0. The SMILES string of the molecule is CCC1CCN(CC(N)c2ccc3c(c2)OCCO3)CC1. The number of hydrogen-bond donors (Lipinski definition) is 1. The van der Waals surface area contributed by atoms with Crippen LogP contribution in [0.15, 0.2) is 18.2 Å². The molecule has 2 aliphatic heterocycles. The molecule has 0 radical (unpaired) electrons. The van der Waals surface area contributed by atoms with E-state index in [4.69, 9.17) is 15.2 Å². The van der Waals surface area contributed by atoms with E-state index in [-0.39, 0.29) is 6.04 Å². The highest BCUT2D eigenvalue weighted by molar-refractivity contribution is 5.44. The molecule has 2 aliphatic rings. The lowest BCUT2D eigenvalue weighted by Gasteiger charge is -2.33. The Bertz CT molecular complexity index is 470.